The predicted molar refractivity (Wildman–Crippen MR) is 71.5 cm³/mol. The van der Waals surface area contributed by atoms with Crippen LogP contribution in [0.5, 0.6) is 5.75 Å². The van der Waals surface area contributed by atoms with Gasteiger partial charge in [-0.2, -0.15) is 0 Å². The van der Waals surface area contributed by atoms with Crippen LogP contribution in [0.1, 0.15) is 26.3 Å². The molecule has 0 saturated heterocycles. The van der Waals surface area contributed by atoms with Gasteiger partial charge in [0.1, 0.15) is 5.75 Å². The normalized spacial score (nSPS) is 19.6. The minimum absolute atomic E-state index is 0.176. The molecule has 1 unspecified atom stereocenters. The quantitative estimate of drug-likeness (QED) is 0.736. The maximum absolute atomic E-state index is 9.41. The van der Waals surface area contributed by atoms with Crippen LogP contribution in [0.2, 0.25) is 0 Å². The molecule has 0 fully saturated rings. The van der Waals surface area contributed by atoms with Crippen LogP contribution in [0.15, 0.2) is 18.2 Å². The summed E-state index contributed by atoms with van der Waals surface area (Å²) in [6.07, 6.45) is 1.08. The van der Waals surface area contributed by atoms with E-state index in [4.69, 9.17) is 0 Å². The van der Waals surface area contributed by atoms with Crippen molar-refractivity contribution in [2.45, 2.75) is 32.7 Å². The van der Waals surface area contributed by atoms with Crippen molar-refractivity contribution >= 4 is 5.69 Å². The van der Waals surface area contributed by atoms with Gasteiger partial charge in [-0.15, -0.1) is 0 Å². The number of fused-ring (bicyclic) bond motifs is 1. The number of hydrogen-bond acceptors (Lipinski definition) is 3. The molecule has 0 amide bonds. The summed E-state index contributed by atoms with van der Waals surface area (Å²) in [5, 5.41) is 16.3. The van der Waals surface area contributed by atoms with Crippen molar-refractivity contribution in [1.29, 1.82) is 0 Å². The average molecular weight is 234 g/mol. The van der Waals surface area contributed by atoms with Gasteiger partial charge in [0.2, 0.25) is 0 Å². The van der Waals surface area contributed by atoms with Crippen molar-refractivity contribution in [2.75, 3.05) is 18.4 Å². The van der Waals surface area contributed by atoms with Gasteiger partial charge < -0.3 is 15.7 Å². The Balaban J connectivity index is 1.97. The monoisotopic (exact) mass is 234 g/mol. The second-order valence-corrected chi connectivity index (χ2v) is 5.92. The first kappa shape index (κ1) is 12.2. The zero-order chi connectivity index (χ0) is 12.5. The Morgan fingerprint density at radius 3 is 2.88 bits per heavy atom. The van der Waals surface area contributed by atoms with E-state index in [0.29, 0.717) is 11.7 Å². The van der Waals surface area contributed by atoms with E-state index in [1.807, 2.05) is 12.1 Å². The average Bonchev–Trinajstić information content (AvgIpc) is 2.25. The minimum atomic E-state index is 0.176. The first-order chi connectivity index (χ1) is 7.94. The Bertz CT molecular complexity index is 396. The van der Waals surface area contributed by atoms with Gasteiger partial charge >= 0.3 is 0 Å². The van der Waals surface area contributed by atoms with E-state index in [2.05, 4.69) is 31.4 Å². The summed E-state index contributed by atoms with van der Waals surface area (Å²) >= 11 is 0. The molecule has 0 saturated carbocycles. The molecule has 0 aromatic heterocycles. The van der Waals surface area contributed by atoms with Gasteiger partial charge in [-0.05, 0) is 44.7 Å². The standard InChI is InChI=1S/C14H22N2O/c1-14(2,3)16-9-10-6-11-4-5-12(17)7-13(11)15-8-10/h4-5,7,10,15-17H,6,8-9H2,1-3H3. The van der Waals surface area contributed by atoms with Crippen LogP contribution < -0.4 is 10.6 Å². The third-order valence-corrected chi connectivity index (χ3v) is 3.10. The zero-order valence-electron chi connectivity index (χ0n) is 10.9. The molecule has 3 nitrogen and oxygen atoms in total. The molecule has 3 heteroatoms. The van der Waals surface area contributed by atoms with Crippen molar-refractivity contribution in [2.24, 2.45) is 5.92 Å². The molecule has 0 aliphatic carbocycles. The number of phenols is 1. The van der Waals surface area contributed by atoms with Crippen LogP contribution in [-0.4, -0.2) is 23.7 Å². The molecule has 3 N–H and O–H groups in total. The molecule has 1 aromatic carbocycles. The van der Waals surface area contributed by atoms with E-state index in [0.717, 1.165) is 25.2 Å². The van der Waals surface area contributed by atoms with Crippen LogP contribution in [-0.2, 0) is 6.42 Å². The van der Waals surface area contributed by atoms with E-state index in [1.54, 1.807) is 6.07 Å². The van der Waals surface area contributed by atoms with Gasteiger partial charge in [0.05, 0.1) is 0 Å². The lowest BCUT2D eigenvalue weighted by atomic mass is 9.93. The maximum Gasteiger partial charge on any atom is 0.117 e. The van der Waals surface area contributed by atoms with Crippen LogP contribution in [0.25, 0.3) is 0 Å². The number of aromatic hydroxyl groups is 1. The number of hydrogen-bond donors (Lipinski definition) is 3. The third kappa shape index (κ3) is 3.37. The molecular formula is C14H22N2O. The number of rotatable bonds is 2. The fourth-order valence-electron chi connectivity index (χ4n) is 2.14. The van der Waals surface area contributed by atoms with E-state index < -0.39 is 0 Å². The molecule has 0 bridgehead atoms. The second kappa shape index (κ2) is 4.57. The van der Waals surface area contributed by atoms with Gasteiger partial charge in [0, 0.05) is 30.4 Å². The van der Waals surface area contributed by atoms with Crippen molar-refractivity contribution < 1.29 is 5.11 Å². The Morgan fingerprint density at radius 1 is 1.41 bits per heavy atom. The lowest BCUT2D eigenvalue weighted by Gasteiger charge is -2.29. The predicted octanol–water partition coefficient (Wildman–Crippen LogP) is 2.36. The Morgan fingerprint density at radius 2 is 2.18 bits per heavy atom. The maximum atomic E-state index is 9.41. The van der Waals surface area contributed by atoms with E-state index in [9.17, 15) is 5.11 Å². The highest BCUT2D eigenvalue weighted by Gasteiger charge is 2.20. The molecular weight excluding hydrogens is 212 g/mol. The molecule has 1 heterocycles. The van der Waals surface area contributed by atoms with Crippen LogP contribution in [0, 0.1) is 5.92 Å². The summed E-state index contributed by atoms with van der Waals surface area (Å²) in [6, 6.07) is 5.59. The topological polar surface area (TPSA) is 44.3 Å². The van der Waals surface area contributed by atoms with Crippen LogP contribution in [0.3, 0.4) is 0 Å². The highest BCUT2D eigenvalue weighted by atomic mass is 16.3. The van der Waals surface area contributed by atoms with Crippen molar-refractivity contribution in [1.82, 2.24) is 5.32 Å². The highest BCUT2D eigenvalue weighted by molar-refractivity contribution is 5.56. The summed E-state index contributed by atoms with van der Waals surface area (Å²) in [5.74, 6) is 0.953. The molecule has 0 spiro atoms. The molecule has 0 radical (unpaired) electrons. The van der Waals surface area contributed by atoms with Crippen LogP contribution in [0.4, 0.5) is 5.69 Å². The third-order valence-electron chi connectivity index (χ3n) is 3.10. The van der Waals surface area contributed by atoms with E-state index in [1.165, 1.54) is 5.56 Å². The SMILES string of the molecule is CC(C)(C)NCC1CNc2cc(O)ccc2C1. The summed E-state index contributed by atoms with van der Waals surface area (Å²) in [7, 11) is 0. The van der Waals surface area contributed by atoms with Gasteiger partial charge in [-0.3, -0.25) is 0 Å². The van der Waals surface area contributed by atoms with Gasteiger partial charge in [0.25, 0.3) is 0 Å². The Kier molecular flexibility index (Phi) is 3.29. The first-order valence-electron chi connectivity index (χ1n) is 6.25. The number of nitrogens with one attached hydrogen (secondary N) is 2. The zero-order valence-corrected chi connectivity index (χ0v) is 10.9. The van der Waals surface area contributed by atoms with Crippen molar-refractivity contribution in [3.8, 4) is 5.75 Å². The van der Waals surface area contributed by atoms with Crippen LogP contribution >= 0.6 is 0 Å². The summed E-state index contributed by atoms with van der Waals surface area (Å²) in [5.41, 5.74) is 2.56. The van der Waals surface area contributed by atoms with Gasteiger partial charge in [0.15, 0.2) is 0 Å². The molecule has 94 valence electrons. The summed E-state index contributed by atoms with van der Waals surface area (Å²) in [4.78, 5) is 0. The highest BCUT2D eigenvalue weighted by Crippen LogP contribution is 2.28. The molecule has 2 rings (SSSR count). The van der Waals surface area contributed by atoms with E-state index in [-0.39, 0.29) is 5.54 Å². The summed E-state index contributed by atoms with van der Waals surface area (Å²) < 4.78 is 0. The molecule has 1 atom stereocenters. The lowest BCUT2D eigenvalue weighted by molar-refractivity contribution is 0.373. The second-order valence-electron chi connectivity index (χ2n) is 5.92. The Hall–Kier alpha value is -1.22. The number of phenolic OH excluding ortho intramolecular Hbond substituents is 1. The van der Waals surface area contributed by atoms with Crippen molar-refractivity contribution in [3.05, 3.63) is 23.8 Å². The smallest absolute Gasteiger partial charge is 0.117 e. The number of anilines is 1. The molecule has 17 heavy (non-hydrogen) atoms. The largest absolute Gasteiger partial charge is 0.508 e. The molecule has 1 aromatic rings. The minimum Gasteiger partial charge on any atom is -0.508 e. The van der Waals surface area contributed by atoms with E-state index >= 15 is 0 Å². The first-order valence-corrected chi connectivity index (χ1v) is 6.25. The molecule has 1 aliphatic heterocycles. The Labute approximate surface area is 103 Å². The van der Waals surface area contributed by atoms with Gasteiger partial charge in [-0.25, -0.2) is 0 Å². The van der Waals surface area contributed by atoms with Gasteiger partial charge in [-0.1, -0.05) is 6.07 Å². The molecule has 1 aliphatic rings. The number of benzene rings is 1. The fraction of sp³-hybridized carbons (Fsp3) is 0.571. The summed E-state index contributed by atoms with van der Waals surface area (Å²) in [6.45, 7) is 8.57. The van der Waals surface area contributed by atoms with Crippen molar-refractivity contribution in [3.63, 3.8) is 0 Å². The fourth-order valence-corrected chi connectivity index (χ4v) is 2.14. The lowest BCUT2D eigenvalue weighted by Crippen LogP contribution is -2.42.